The van der Waals surface area contributed by atoms with Gasteiger partial charge in [0, 0.05) is 29.6 Å². The quantitative estimate of drug-likeness (QED) is 0.168. The van der Waals surface area contributed by atoms with E-state index in [2.05, 4.69) is 26.3 Å². The van der Waals surface area contributed by atoms with Crippen LogP contribution < -0.4 is 40.2 Å². The SMILES string of the molecule is COc1ccc2[nH]c(C(=O)N3CCCCNC(=O)c4ccc(OC)c(c4)Oc4cccc(OC)c4CNC(=O)[C@@H](C(C)C)NC(=O)[C@H]([C@@H](C)O)NC(=O)C3)cc2c1. The van der Waals surface area contributed by atoms with Crippen molar-refractivity contribution in [2.75, 3.05) is 41.0 Å². The first-order valence-corrected chi connectivity index (χ1v) is 18.6. The van der Waals surface area contributed by atoms with Gasteiger partial charge < -0.3 is 55.2 Å². The predicted molar refractivity (Wildman–Crippen MR) is 211 cm³/mol. The molecule has 3 atom stereocenters. The lowest BCUT2D eigenvalue weighted by Crippen LogP contribution is -2.59. The molecule has 1 aliphatic rings. The van der Waals surface area contributed by atoms with Crippen LogP contribution in [0.25, 0.3) is 10.9 Å². The molecule has 304 valence electrons. The maximum atomic E-state index is 13.9. The van der Waals surface area contributed by atoms with E-state index >= 15 is 0 Å². The lowest BCUT2D eigenvalue weighted by atomic mass is 10.0. The van der Waals surface area contributed by atoms with Gasteiger partial charge in [-0.3, -0.25) is 24.0 Å². The standard InChI is InChI=1S/C41H50N6O10/c1-23(2)36-39(51)43-21-28-31(55-5)10-9-11-32(28)57-34-20-25(12-15-33(34)56-6)38(50)42-16-7-8-17-47(22-35(49)45-37(24(3)48)40(52)46-36)41(53)30-19-26-18-27(54-4)13-14-29(26)44-30/h9-15,18-20,23-24,36-37,44,48H,7-8,16-17,21-22H2,1-6H3,(H,42,50)(H,43,51)(H,45,49)(H,46,52)/t24-,36-,37+/m1/s1. The monoisotopic (exact) mass is 786 g/mol. The van der Waals surface area contributed by atoms with Crippen LogP contribution in [0.2, 0.25) is 0 Å². The first-order valence-electron chi connectivity index (χ1n) is 18.6. The molecule has 16 heteroatoms. The van der Waals surface area contributed by atoms with Crippen molar-refractivity contribution in [2.45, 2.75) is 58.3 Å². The first-order chi connectivity index (χ1) is 27.3. The van der Waals surface area contributed by atoms with Crippen LogP contribution in [0.5, 0.6) is 28.7 Å². The third-order valence-corrected chi connectivity index (χ3v) is 9.54. The number of nitrogens with zero attached hydrogens (tertiary/aromatic N) is 1. The van der Waals surface area contributed by atoms with Crippen molar-refractivity contribution >= 4 is 40.4 Å². The second kappa shape index (κ2) is 19.0. The van der Waals surface area contributed by atoms with Crippen LogP contribution in [0.15, 0.2) is 60.7 Å². The number of hydrogen-bond donors (Lipinski definition) is 6. The molecule has 0 aliphatic carbocycles. The molecule has 0 spiro atoms. The number of aliphatic hydroxyl groups excluding tert-OH is 1. The minimum atomic E-state index is -1.46. The summed E-state index contributed by atoms with van der Waals surface area (Å²) in [6.45, 7) is 4.65. The van der Waals surface area contributed by atoms with Gasteiger partial charge in [-0.25, -0.2) is 0 Å². The number of benzene rings is 3. The summed E-state index contributed by atoms with van der Waals surface area (Å²) in [7, 11) is 4.49. The fourth-order valence-electron chi connectivity index (χ4n) is 6.39. The molecule has 0 unspecified atom stereocenters. The fourth-order valence-corrected chi connectivity index (χ4v) is 6.39. The molecule has 6 N–H and O–H groups in total. The second-order valence-corrected chi connectivity index (χ2v) is 14.0. The summed E-state index contributed by atoms with van der Waals surface area (Å²) < 4.78 is 22.7. The highest BCUT2D eigenvalue weighted by molar-refractivity contribution is 6.00. The van der Waals surface area contributed by atoms with Gasteiger partial charge in [0.05, 0.1) is 46.1 Å². The number of ether oxygens (including phenoxy) is 4. The molecule has 0 radical (unpaired) electrons. The average Bonchev–Trinajstić information content (AvgIpc) is 3.63. The third kappa shape index (κ3) is 10.3. The Morgan fingerprint density at radius 1 is 0.825 bits per heavy atom. The molecule has 0 saturated heterocycles. The summed E-state index contributed by atoms with van der Waals surface area (Å²) in [6.07, 6.45) is -0.516. The topological polar surface area (TPSA) is 210 Å². The zero-order valence-corrected chi connectivity index (χ0v) is 32.9. The summed E-state index contributed by atoms with van der Waals surface area (Å²) in [4.78, 5) is 72.6. The molecule has 3 aromatic carbocycles. The molecular weight excluding hydrogens is 736 g/mol. The van der Waals surface area contributed by atoms with Crippen LogP contribution in [-0.2, 0) is 20.9 Å². The van der Waals surface area contributed by atoms with Crippen LogP contribution in [0.3, 0.4) is 0 Å². The highest BCUT2D eigenvalue weighted by Crippen LogP contribution is 2.37. The van der Waals surface area contributed by atoms with E-state index in [4.69, 9.17) is 18.9 Å². The highest BCUT2D eigenvalue weighted by Gasteiger charge is 2.32. The first kappa shape index (κ1) is 41.9. The molecule has 1 aromatic heterocycles. The van der Waals surface area contributed by atoms with Crippen LogP contribution in [0.4, 0.5) is 0 Å². The van der Waals surface area contributed by atoms with E-state index in [-0.39, 0.29) is 37.0 Å². The summed E-state index contributed by atoms with van der Waals surface area (Å²) >= 11 is 0. The number of nitrogens with one attached hydrogen (secondary N) is 5. The molecule has 1 aliphatic heterocycles. The summed E-state index contributed by atoms with van der Waals surface area (Å²) in [5, 5.41) is 22.4. The number of carbonyl (C=O) groups is 5. The Balaban J connectivity index is 1.46. The number of aromatic amines is 1. The van der Waals surface area contributed by atoms with Crippen molar-refractivity contribution in [2.24, 2.45) is 5.92 Å². The highest BCUT2D eigenvalue weighted by atomic mass is 16.5. The van der Waals surface area contributed by atoms with E-state index in [1.54, 1.807) is 81.6 Å². The molecular formula is C41H50N6O10. The minimum absolute atomic E-state index is 0.0793. The molecule has 0 fully saturated rings. The number of aromatic nitrogens is 1. The number of carbonyl (C=O) groups excluding carboxylic acids is 5. The molecule has 16 nitrogen and oxygen atoms in total. The van der Waals surface area contributed by atoms with E-state index in [1.165, 1.54) is 26.0 Å². The van der Waals surface area contributed by atoms with Gasteiger partial charge in [-0.2, -0.15) is 0 Å². The molecule has 2 bridgehead atoms. The average molecular weight is 787 g/mol. The van der Waals surface area contributed by atoms with E-state index in [1.807, 2.05) is 0 Å². The Labute approximate surface area is 330 Å². The Morgan fingerprint density at radius 3 is 2.30 bits per heavy atom. The van der Waals surface area contributed by atoms with Crippen LogP contribution in [0.1, 0.15) is 60.0 Å². The lowest BCUT2D eigenvalue weighted by molar-refractivity contribution is -0.135. The van der Waals surface area contributed by atoms with Crippen LogP contribution >= 0.6 is 0 Å². The van der Waals surface area contributed by atoms with Crippen molar-refractivity contribution in [1.82, 2.24) is 31.2 Å². The van der Waals surface area contributed by atoms with E-state index < -0.39 is 54.3 Å². The number of rotatable bonds is 6. The largest absolute Gasteiger partial charge is 0.497 e. The van der Waals surface area contributed by atoms with E-state index in [0.29, 0.717) is 52.5 Å². The summed E-state index contributed by atoms with van der Waals surface area (Å²) in [5.74, 6) is -1.39. The Bertz CT molecular complexity index is 2100. The number of methoxy groups -OCH3 is 3. The van der Waals surface area contributed by atoms with Crippen molar-refractivity contribution in [3.63, 3.8) is 0 Å². The van der Waals surface area contributed by atoms with Gasteiger partial charge in [0.25, 0.3) is 11.8 Å². The van der Waals surface area contributed by atoms with Gasteiger partial charge in [-0.15, -0.1) is 0 Å². The maximum Gasteiger partial charge on any atom is 0.270 e. The van der Waals surface area contributed by atoms with Crippen LogP contribution in [-0.4, -0.2) is 104 Å². The molecule has 2 heterocycles. The molecule has 5 rings (SSSR count). The van der Waals surface area contributed by atoms with Crippen LogP contribution in [0, 0.1) is 5.92 Å². The van der Waals surface area contributed by atoms with Gasteiger partial charge in [0.15, 0.2) is 11.5 Å². The van der Waals surface area contributed by atoms with E-state index in [0.717, 1.165) is 5.39 Å². The normalized spacial score (nSPS) is 18.3. The number of aliphatic hydroxyl groups is 1. The number of fused-ring (bicyclic) bond motifs is 4. The predicted octanol–water partition coefficient (Wildman–Crippen LogP) is 3.27. The van der Waals surface area contributed by atoms with Crippen molar-refractivity contribution in [3.05, 3.63) is 77.5 Å². The zero-order chi connectivity index (χ0) is 41.2. The van der Waals surface area contributed by atoms with Crippen molar-refractivity contribution in [1.29, 1.82) is 0 Å². The van der Waals surface area contributed by atoms with Gasteiger partial charge in [0.1, 0.15) is 35.0 Å². The lowest BCUT2D eigenvalue weighted by Gasteiger charge is -2.28. The number of H-pyrrole nitrogens is 1. The van der Waals surface area contributed by atoms with E-state index in [9.17, 15) is 29.1 Å². The smallest absolute Gasteiger partial charge is 0.270 e. The Hall–Kier alpha value is -6.29. The Morgan fingerprint density at radius 2 is 1.60 bits per heavy atom. The van der Waals surface area contributed by atoms with Crippen molar-refractivity contribution in [3.8, 4) is 28.7 Å². The summed E-state index contributed by atoms with van der Waals surface area (Å²) in [5.41, 5.74) is 1.68. The van der Waals surface area contributed by atoms with Crippen molar-refractivity contribution < 1.29 is 48.0 Å². The van der Waals surface area contributed by atoms with Gasteiger partial charge in [0.2, 0.25) is 17.7 Å². The second-order valence-electron chi connectivity index (χ2n) is 14.0. The number of amides is 5. The third-order valence-electron chi connectivity index (χ3n) is 9.54. The zero-order valence-electron chi connectivity index (χ0n) is 32.9. The van der Waals surface area contributed by atoms with Gasteiger partial charge >= 0.3 is 0 Å². The van der Waals surface area contributed by atoms with Gasteiger partial charge in [-0.1, -0.05) is 19.9 Å². The molecule has 5 amide bonds. The molecule has 0 saturated carbocycles. The Kier molecular flexibility index (Phi) is 14.0. The maximum absolute atomic E-state index is 13.9. The summed E-state index contributed by atoms with van der Waals surface area (Å²) in [6, 6.07) is 14.3. The minimum Gasteiger partial charge on any atom is -0.497 e. The molecule has 4 aromatic rings. The number of hydrogen-bond acceptors (Lipinski definition) is 10. The fraction of sp³-hybridized carbons (Fsp3) is 0.390. The molecule has 57 heavy (non-hydrogen) atoms. The van der Waals surface area contributed by atoms with Gasteiger partial charge in [-0.05, 0) is 80.3 Å².